The van der Waals surface area contributed by atoms with Gasteiger partial charge in [0.1, 0.15) is 12.3 Å². The van der Waals surface area contributed by atoms with Crippen molar-refractivity contribution in [3.63, 3.8) is 0 Å². The number of thioether (sulfide) groups is 1. The maximum absolute atomic E-state index is 13.7. The number of nitrogens with two attached hydrogens (primary N) is 2. The summed E-state index contributed by atoms with van der Waals surface area (Å²) in [6, 6.07) is 3.97. The van der Waals surface area contributed by atoms with E-state index >= 15 is 0 Å². The Morgan fingerprint density at radius 1 is 1.22 bits per heavy atom. The average Bonchev–Trinajstić information content (AvgIpc) is 3.47. The number of ether oxygens (including phenoxy) is 2. The average molecular weight is 537 g/mol. The molecule has 4 rings (SSSR count). The Morgan fingerprint density at radius 2 is 2.03 bits per heavy atom. The number of hydrazine groups is 1. The fourth-order valence-electron chi connectivity index (χ4n) is 4.54. The van der Waals surface area contributed by atoms with Crippen LogP contribution in [-0.4, -0.2) is 53.1 Å². The van der Waals surface area contributed by atoms with E-state index in [2.05, 4.69) is 22.2 Å². The van der Waals surface area contributed by atoms with Gasteiger partial charge >= 0.3 is 5.97 Å². The molecule has 2 aromatic rings. The Labute approximate surface area is 219 Å². The van der Waals surface area contributed by atoms with Gasteiger partial charge in [0.15, 0.2) is 28.4 Å². The zero-order valence-electron chi connectivity index (χ0n) is 21.1. The third-order valence-electron chi connectivity index (χ3n) is 6.56. The lowest BCUT2D eigenvalue weighted by atomic mass is 10.1. The molecular formula is C25H34F2N6O3S. The summed E-state index contributed by atoms with van der Waals surface area (Å²) < 4.78 is 37.8. The molecule has 37 heavy (non-hydrogen) atoms. The van der Waals surface area contributed by atoms with E-state index in [-0.39, 0.29) is 36.7 Å². The highest BCUT2D eigenvalue weighted by molar-refractivity contribution is 7.99. The molecule has 4 atom stereocenters. The lowest BCUT2D eigenvalue weighted by Crippen LogP contribution is -2.41. The quantitative estimate of drug-likeness (QED) is 0.0915. The van der Waals surface area contributed by atoms with Crippen molar-refractivity contribution in [3.8, 4) is 0 Å². The number of aromatic nitrogens is 2. The van der Waals surface area contributed by atoms with Crippen LogP contribution in [0.5, 0.6) is 0 Å². The summed E-state index contributed by atoms with van der Waals surface area (Å²) in [5.74, 6) is 6.32. The highest BCUT2D eigenvalue weighted by atomic mass is 32.2. The zero-order valence-corrected chi connectivity index (χ0v) is 21.9. The van der Waals surface area contributed by atoms with Crippen molar-refractivity contribution in [2.75, 3.05) is 35.0 Å². The van der Waals surface area contributed by atoms with Crippen molar-refractivity contribution in [2.45, 2.75) is 75.2 Å². The molecule has 2 aliphatic rings. The number of nitrogens with zero attached hydrogens (tertiary/aromatic N) is 3. The van der Waals surface area contributed by atoms with Gasteiger partial charge in [-0.2, -0.15) is 0 Å². The molecule has 0 bridgehead atoms. The number of carbonyl (C=O) groups excluding carboxylic acids is 1. The molecule has 2 unspecified atom stereocenters. The Bertz CT molecular complexity index is 1110. The summed E-state index contributed by atoms with van der Waals surface area (Å²) in [4.78, 5) is 20.2. The maximum Gasteiger partial charge on any atom is 0.302 e. The largest absolute Gasteiger partial charge is 0.463 e. The zero-order chi connectivity index (χ0) is 26.5. The number of hydrogen-bond donors (Lipinski definition) is 3. The van der Waals surface area contributed by atoms with Crippen LogP contribution in [0.3, 0.4) is 0 Å². The minimum Gasteiger partial charge on any atom is -0.463 e. The normalized spacial score (nSPS) is 22.6. The van der Waals surface area contributed by atoms with Crippen LogP contribution in [0.2, 0.25) is 0 Å². The third kappa shape index (κ3) is 6.99. The second kappa shape index (κ2) is 12.2. The van der Waals surface area contributed by atoms with Crippen LogP contribution in [0.4, 0.5) is 26.1 Å². The van der Waals surface area contributed by atoms with Crippen LogP contribution in [0, 0.1) is 11.6 Å². The molecule has 9 nitrogen and oxygen atoms in total. The van der Waals surface area contributed by atoms with Crippen LogP contribution in [-0.2, 0) is 14.3 Å². The predicted octanol–water partition coefficient (Wildman–Crippen LogP) is 3.99. The summed E-state index contributed by atoms with van der Waals surface area (Å²) in [5.41, 5.74) is 7.59. The van der Waals surface area contributed by atoms with Crippen LogP contribution in [0.25, 0.3) is 0 Å². The Hall–Kier alpha value is -2.70. The summed E-state index contributed by atoms with van der Waals surface area (Å²) in [7, 11) is 0. The predicted molar refractivity (Wildman–Crippen MR) is 139 cm³/mol. The van der Waals surface area contributed by atoms with E-state index in [1.807, 2.05) is 0 Å². The van der Waals surface area contributed by atoms with Gasteiger partial charge in [-0.3, -0.25) is 9.80 Å². The molecule has 5 N–H and O–H groups in total. The molecule has 2 fully saturated rings. The Morgan fingerprint density at radius 3 is 2.76 bits per heavy atom. The van der Waals surface area contributed by atoms with Gasteiger partial charge in [-0.05, 0) is 49.8 Å². The number of rotatable bonds is 12. The number of anilines is 3. The number of halogens is 2. The Balaban J connectivity index is 1.44. The van der Waals surface area contributed by atoms with E-state index in [9.17, 15) is 13.6 Å². The molecule has 0 aliphatic heterocycles. The first kappa shape index (κ1) is 27.3. The van der Waals surface area contributed by atoms with Crippen LogP contribution in [0.15, 0.2) is 23.4 Å². The number of nitrogens with one attached hydrogen (secondary N) is 1. The van der Waals surface area contributed by atoms with Gasteiger partial charge in [0.2, 0.25) is 0 Å². The molecule has 2 aliphatic carbocycles. The topological polar surface area (TPSA) is 129 Å². The molecule has 12 heteroatoms. The van der Waals surface area contributed by atoms with Crippen molar-refractivity contribution >= 4 is 35.1 Å². The van der Waals surface area contributed by atoms with Gasteiger partial charge in [-0.1, -0.05) is 24.8 Å². The minimum atomic E-state index is -0.858. The van der Waals surface area contributed by atoms with E-state index < -0.39 is 11.6 Å². The molecule has 1 aromatic heterocycles. The third-order valence-corrected chi connectivity index (χ3v) is 7.61. The monoisotopic (exact) mass is 536 g/mol. The van der Waals surface area contributed by atoms with Crippen LogP contribution in [0.1, 0.15) is 57.4 Å². The minimum absolute atomic E-state index is 0.00419. The standard InChI is InChI=1S/C25H34F2N6O3S/c1-3-10-37-25-31-23(30-21-13-18(21)15-4-7-19(26)20(27)11-15)22(28)24(32-25)33(29)16-5-6-17(12-16)36-9-8-35-14(2)34/h4,7,11,16-18,21H,3,5-6,8-10,12-13,28-29H2,1-2H3,(H,30,31,32)/t16-,17?,18?,21+/m0/s1. The van der Waals surface area contributed by atoms with Crippen molar-refractivity contribution in [3.05, 3.63) is 35.4 Å². The van der Waals surface area contributed by atoms with Crippen molar-refractivity contribution < 1.29 is 23.0 Å². The molecule has 202 valence electrons. The SMILES string of the molecule is CCCSc1nc(N[C@@H]2CC2c2ccc(F)c(F)c2)c(N)c(N(N)[C@H]2CCC(OCCOC(C)=O)C2)n1. The molecule has 1 heterocycles. The summed E-state index contributed by atoms with van der Waals surface area (Å²) in [6.45, 7) is 4.01. The van der Waals surface area contributed by atoms with Crippen molar-refractivity contribution in [1.29, 1.82) is 0 Å². The second-order valence-electron chi connectivity index (χ2n) is 9.41. The maximum atomic E-state index is 13.7. The van der Waals surface area contributed by atoms with E-state index in [0.29, 0.717) is 35.5 Å². The lowest BCUT2D eigenvalue weighted by molar-refractivity contribution is -0.143. The summed E-state index contributed by atoms with van der Waals surface area (Å²) in [6.07, 6.45) is 4.04. The smallest absolute Gasteiger partial charge is 0.302 e. The van der Waals surface area contributed by atoms with E-state index in [0.717, 1.165) is 43.1 Å². The fourth-order valence-corrected chi connectivity index (χ4v) is 5.23. The molecule has 0 radical (unpaired) electrons. The first-order chi connectivity index (χ1) is 17.8. The lowest BCUT2D eigenvalue weighted by Gasteiger charge is -2.27. The molecular weight excluding hydrogens is 502 g/mol. The van der Waals surface area contributed by atoms with Crippen molar-refractivity contribution in [1.82, 2.24) is 9.97 Å². The summed E-state index contributed by atoms with van der Waals surface area (Å²) >= 11 is 1.52. The second-order valence-corrected chi connectivity index (χ2v) is 10.5. The fraction of sp³-hybridized carbons (Fsp3) is 0.560. The van der Waals surface area contributed by atoms with Gasteiger partial charge in [0, 0.05) is 30.7 Å². The molecule has 0 spiro atoms. The van der Waals surface area contributed by atoms with E-state index in [4.69, 9.17) is 21.1 Å². The first-order valence-electron chi connectivity index (χ1n) is 12.6. The van der Waals surface area contributed by atoms with Crippen molar-refractivity contribution in [2.24, 2.45) is 5.84 Å². The number of nitrogen functional groups attached to an aromatic ring is 1. The van der Waals surface area contributed by atoms with Gasteiger partial charge in [0.25, 0.3) is 0 Å². The van der Waals surface area contributed by atoms with Crippen LogP contribution < -0.4 is 21.9 Å². The van der Waals surface area contributed by atoms with Gasteiger partial charge in [-0.15, -0.1) is 0 Å². The number of esters is 1. The van der Waals surface area contributed by atoms with Crippen LogP contribution >= 0.6 is 11.8 Å². The number of hydrogen-bond acceptors (Lipinski definition) is 10. The summed E-state index contributed by atoms with van der Waals surface area (Å²) in [5, 5.41) is 5.54. The molecule has 0 amide bonds. The van der Waals surface area contributed by atoms with Gasteiger partial charge < -0.3 is 20.5 Å². The van der Waals surface area contributed by atoms with Gasteiger partial charge in [0.05, 0.1) is 12.7 Å². The molecule has 2 saturated carbocycles. The molecule has 0 saturated heterocycles. The highest BCUT2D eigenvalue weighted by Crippen LogP contribution is 2.44. The number of carbonyl (C=O) groups is 1. The highest BCUT2D eigenvalue weighted by Gasteiger charge is 2.40. The number of benzene rings is 1. The molecule has 1 aromatic carbocycles. The van der Waals surface area contributed by atoms with E-state index in [1.165, 1.54) is 24.8 Å². The van der Waals surface area contributed by atoms with Gasteiger partial charge in [-0.25, -0.2) is 24.6 Å². The Kier molecular flexibility index (Phi) is 9.04. The first-order valence-corrected chi connectivity index (χ1v) is 13.6. The van der Waals surface area contributed by atoms with E-state index in [1.54, 1.807) is 11.1 Å².